The smallest absolute Gasteiger partial charge is 0.321 e. The van der Waals surface area contributed by atoms with Crippen molar-refractivity contribution in [2.75, 3.05) is 30.3 Å². The lowest BCUT2D eigenvalue weighted by molar-refractivity contribution is 0.120. The van der Waals surface area contributed by atoms with Crippen LogP contribution in [0.1, 0.15) is 19.4 Å². The SMILES string of the molecule is CC(C)C1CN(C(=O)Nc2ccc(Cl)cc2)CCN1/C(=N/C#N)Nc1cccc(C#N)c1. The van der Waals surface area contributed by atoms with Crippen molar-refractivity contribution in [2.24, 2.45) is 10.9 Å². The molecule has 0 saturated carbocycles. The van der Waals surface area contributed by atoms with E-state index < -0.39 is 0 Å². The number of carbonyl (C=O) groups excluding carboxylic acids is 1. The molecule has 0 spiro atoms. The highest BCUT2D eigenvalue weighted by Crippen LogP contribution is 2.21. The molecular formula is C23H24ClN7O. The minimum Gasteiger partial charge on any atom is -0.335 e. The number of nitriles is 2. The Kier molecular flexibility index (Phi) is 7.54. The number of anilines is 2. The van der Waals surface area contributed by atoms with E-state index in [1.165, 1.54) is 0 Å². The Balaban J connectivity index is 1.74. The molecule has 2 N–H and O–H groups in total. The third-order valence-corrected chi connectivity index (χ3v) is 5.50. The van der Waals surface area contributed by atoms with Gasteiger partial charge in [-0.1, -0.05) is 31.5 Å². The van der Waals surface area contributed by atoms with E-state index in [2.05, 4.69) is 35.5 Å². The quantitative estimate of drug-likeness (QED) is 0.412. The highest BCUT2D eigenvalue weighted by atomic mass is 35.5. The Labute approximate surface area is 192 Å². The average Bonchev–Trinajstić information content (AvgIpc) is 2.80. The Bertz CT molecular complexity index is 1070. The van der Waals surface area contributed by atoms with Crippen molar-refractivity contribution >= 4 is 35.0 Å². The van der Waals surface area contributed by atoms with Gasteiger partial charge < -0.3 is 20.4 Å². The lowest BCUT2D eigenvalue weighted by Crippen LogP contribution is -2.60. The molecule has 9 heteroatoms. The summed E-state index contributed by atoms with van der Waals surface area (Å²) in [6, 6.07) is 15.8. The fraction of sp³-hybridized carbons (Fsp3) is 0.304. The number of amides is 2. The molecule has 1 aliphatic heterocycles. The first-order valence-corrected chi connectivity index (χ1v) is 10.6. The summed E-state index contributed by atoms with van der Waals surface area (Å²) >= 11 is 5.91. The Morgan fingerprint density at radius 3 is 2.53 bits per heavy atom. The molecule has 8 nitrogen and oxygen atoms in total. The molecule has 2 aromatic carbocycles. The van der Waals surface area contributed by atoms with Gasteiger partial charge in [-0.3, -0.25) is 0 Å². The van der Waals surface area contributed by atoms with Crippen LogP contribution in [0.4, 0.5) is 16.2 Å². The highest BCUT2D eigenvalue weighted by molar-refractivity contribution is 6.30. The van der Waals surface area contributed by atoms with Crippen molar-refractivity contribution in [3.8, 4) is 12.3 Å². The second-order valence-corrected chi connectivity index (χ2v) is 8.18. The Morgan fingerprint density at radius 1 is 1.12 bits per heavy atom. The summed E-state index contributed by atoms with van der Waals surface area (Å²) in [5.41, 5.74) is 1.85. The Morgan fingerprint density at radius 2 is 1.88 bits per heavy atom. The fourth-order valence-electron chi connectivity index (χ4n) is 3.57. The van der Waals surface area contributed by atoms with Crippen molar-refractivity contribution in [3.05, 3.63) is 59.1 Å². The normalized spacial score (nSPS) is 16.3. The van der Waals surface area contributed by atoms with E-state index >= 15 is 0 Å². The molecule has 3 rings (SSSR count). The van der Waals surface area contributed by atoms with Crippen LogP contribution in [0.2, 0.25) is 5.02 Å². The number of benzene rings is 2. The van der Waals surface area contributed by atoms with E-state index in [4.69, 9.17) is 16.9 Å². The monoisotopic (exact) mass is 449 g/mol. The van der Waals surface area contributed by atoms with Crippen LogP contribution in [0.25, 0.3) is 0 Å². The average molecular weight is 450 g/mol. The second kappa shape index (κ2) is 10.5. The molecule has 0 radical (unpaired) electrons. The summed E-state index contributed by atoms with van der Waals surface area (Å²) in [6.07, 6.45) is 1.86. The van der Waals surface area contributed by atoms with Gasteiger partial charge in [0.1, 0.15) is 0 Å². The van der Waals surface area contributed by atoms with Crippen LogP contribution in [0.3, 0.4) is 0 Å². The predicted molar refractivity (Wildman–Crippen MR) is 125 cm³/mol. The number of nitrogens with one attached hydrogen (secondary N) is 2. The maximum absolute atomic E-state index is 12.8. The van der Waals surface area contributed by atoms with Gasteiger partial charge in [-0.05, 0) is 48.4 Å². The van der Waals surface area contributed by atoms with Crippen LogP contribution < -0.4 is 10.6 Å². The number of nitrogens with zero attached hydrogens (tertiary/aromatic N) is 5. The topological polar surface area (TPSA) is 108 Å². The Hall–Kier alpha value is -3.75. The van der Waals surface area contributed by atoms with Crippen molar-refractivity contribution in [2.45, 2.75) is 19.9 Å². The summed E-state index contributed by atoms with van der Waals surface area (Å²) < 4.78 is 0. The highest BCUT2D eigenvalue weighted by Gasteiger charge is 2.33. The van der Waals surface area contributed by atoms with E-state index in [1.54, 1.807) is 47.4 Å². The molecule has 32 heavy (non-hydrogen) atoms. The molecule has 0 aliphatic carbocycles. The number of hydrogen-bond acceptors (Lipinski definition) is 4. The van der Waals surface area contributed by atoms with Crippen molar-refractivity contribution in [3.63, 3.8) is 0 Å². The first-order valence-electron chi connectivity index (χ1n) is 10.2. The molecule has 0 aromatic heterocycles. The van der Waals surface area contributed by atoms with E-state index in [1.807, 2.05) is 17.2 Å². The number of guanidine groups is 1. The lowest BCUT2D eigenvalue weighted by atomic mass is 10.00. The summed E-state index contributed by atoms with van der Waals surface area (Å²) in [5, 5.41) is 25.1. The first-order chi connectivity index (χ1) is 15.4. The number of carbonyl (C=O) groups is 1. The van der Waals surface area contributed by atoms with Gasteiger partial charge in [0.15, 0.2) is 0 Å². The van der Waals surface area contributed by atoms with Crippen LogP contribution >= 0.6 is 11.6 Å². The number of hydrogen-bond donors (Lipinski definition) is 2. The summed E-state index contributed by atoms with van der Waals surface area (Å²) in [4.78, 5) is 20.6. The summed E-state index contributed by atoms with van der Waals surface area (Å²) in [5.74, 6) is 0.594. The zero-order valence-electron chi connectivity index (χ0n) is 17.9. The van der Waals surface area contributed by atoms with E-state index in [9.17, 15) is 10.1 Å². The number of piperazine rings is 1. The molecule has 164 valence electrons. The van der Waals surface area contributed by atoms with Crippen LogP contribution in [-0.2, 0) is 0 Å². The molecule has 0 bridgehead atoms. The van der Waals surface area contributed by atoms with Crippen LogP contribution in [-0.4, -0.2) is 47.5 Å². The largest absolute Gasteiger partial charge is 0.335 e. The van der Waals surface area contributed by atoms with Crippen molar-refractivity contribution < 1.29 is 4.79 Å². The van der Waals surface area contributed by atoms with E-state index in [0.29, 0.717) is 47.6 Å². The van der Waals surface area contributed by atoms with Crippen molar-refractivity contribution in [1.82, 2.24) is 9.80 Å². The number of rotatable bonds is 3. The maximum Gasteiger partial charge on any atom is 0.321 e. The zero-order valence-corrected chi connectivity index (χ0v) is 18.7. The molecule has 2 amide bonds. The van der Waals surface area contributed by atoms with E-state index in [0.717, 1.165) is 0 Å². The van der Waals surface area contributed by atoms with Gasteiger partial charge in [-0.25, -0.2) is 4.79 Å². The van der Waals surface area contributed by atoms with Gasteiger partial charge in [-0.15, -0.1) is 4.99 Å². The van der Waals surface area contributed by atoms with Gasteiger partial charge in [-0.2, -0.15) is 10.5 Å². The van der Waals surface area contributed by atoms with Gasteiger partial charge in [0.25, 0.3) is 0 Å². The number of urea groups is 1. The van der Waals surface area contributed by atoms with Crippen LogP contribution in [0.5, 0.6) is 0 Å². The van der Waals surface area contributed by atoms with Gasteiger partial charge >= 0.3 is 6.03 Å². The maximum atomic E-state index is 12.8. The molecule has 1 saturated heterocycles. The minimum absolute atomic E-state index is 0.0570. The summed E-state index contributed by atoms with van der Waals surface area (Å²) in [6.45, 7) is 5.58. The lowest BCUT2D eigenvalue weighted by Gasteiger charge is -2.44. The van der Waals surface area contributed by atoms with Crippen LogP contribution in [0, 0.1) is 28.7 Å². The van der Waals surface area contributed by atoms with Gasteiger partial charge in [0.2, 0.25) is 12.2 Å². The first kappa shape index (κ1) is 22.9. The van der Waals surface area contributed by atoms with Crippen LogP contribution in [0.15, 0.2) is 53.5 Å². The molecule has 1 unspecified atom stereocenters. The number of aliphatic imine (C=N–C) groups is 1. The number of halogens is 1. The predicted octanol–water partition coefficient (Wildman–Crippen LogP) is 4.33. The summed E-state index contributed by atoms with van der Waals surface area (Å²) in [7, 11) is 0. The molecule has 1 fully saturated rings. The third-order valence-electron chi connectivity index (χ3n) is 5.25. The molecular weight excluding hydrogens is 426 g/mol. The fourth-order valence-corrected chi connectivity index (χ4v) is 3.70. The minimum atomic E-state index is -0.189. The van der Waals surface area contributed by atoms with Crippen molar-refractivity contribution in [1.29, 1.82) is 10.5 Å². The zero-order chi connectivity index (χ0) is 23.1. The van der Waals surface area contributed by atoms with Gasteiger partial charge in [0.05, 0.1) is 17.7 Å². The molecule has 1 atom stereocenters. The standard InChI is InChI=1S/C23H24ClN7O/c1-16(2)21-14-30(23(32)29-19-8-6-18(24)7-9-19)10-11-31(21)22(27-15-26)28-20-5-3-4-17(12-20)13-25/h3-9,12,16,21H,10-11,14H2,1-2H3,(H,27,28)(H,29,32). The molecule has 1 aliphatic rings. The van der Waals surface area contributed by atoms with Gasteiger partial charge in [0, 0.05) is 36.0 Å². The molecule has 2 aromatic rings. The molecule has 1 heterocycles. The van der Waals surface area contributed by atoms with E-state index in [-0.39, 0.29) is 18.0 Å². The second-order valence-electron chi connectivity index (χ2n) is 7.74. The third kappa shape index (κ3) is 5.69.